The van der Waals surface area contributed by atoms with E-state index >= 15 is 0 Å². The Hall–Kier alpha value is -3.09. The van der Waals surface area contributed by atoms with Gasteiger partial charge in [-0.1, -0.05) is 6.07 Å². The highest BCUT2D eigenvalue weighted by molar-refractivity contribution is 5.91. The van der Waals surface area contributed by atoms with Crippen LogP contribution in [-0.2, 0) is 9.53 Å². The van der Waals surface area contributed by atoms with Crippen LogP contribution < -0.4 is 14.8 Å². The zero-order valence-corrected chi connectivity index (χ0v) is 15.3. The van der Waals surface area contributed by atoms with Crippen molar-refractivity contribution < 1.29 is 28.2 Å². The number of halogens is 1. The summed E-state index contributed by atoms with van der Waals surface area (Å²) in [5.74, 6) is -0.310. The van der Waals surface area contributed by atoms with Gasteiger partial charge < -0.3 is 19.5 Å². The van der Waals surface area contributed by atoms with Crippen LogP contribution in [0.4, 0.5) is 4.39 Å². The van der Waals surface area contributed by atoms with Gasteiger partial charge in [-0.3, -0.25) is 4.79 Å². The SMILES string of the molecule is CCOc1ccc(OCCNC(=O)COC(=O)c2ccc(C)c(F)c2)cc1. The zero-order chi connectivity index (χ0) is 19.6. The van der Waals surface area contributed by atoms with Crippen molar-refractivity contribution in [2.75, 3.05) is 26.4 Å². The number of benzene rings is 2. The molecule has 0 radical (unpaired) electrons. The largest absolute Gasteiger partial charge is 0.494 e. The van der Waals surface area contributed by atoms with Gasteiger partial charge in [-0.15, -0.1) is 0 Å². The number of nitrogens with one attached hydrogen (secondary N) is 1. The first kappa shape index (κ1) is 20.2. The van der Waals surface area contributed by atoms with E-state index in [2.05, 4.69) is 5.32 Å². The summed E-state index contributed by atoms with van der Waals surface area (Å²) in [6, 6.07) is 11.1. The average Bonchev–Trinajstić information content (AvgIpc) is 2.67. The smallest absolute Gasteiger partial charge is 0.338 e. The Morgan fingerprint density at radius 1 is 1.04 bits per heavy atom. The highest BCUT2D eigenvalue weighted by Gasteiger charge is 2.11. The fourth-order valence-electron chi connectivity index (χ4n) is 2.14. The molecule has 0 unspecified atom stereocenters. The lowest BCUT2D eigenvalue weighted by molar-refractivity contribution is -0.124. The molecular weight excluding hydrogens is 353 g/mol. The molecule has 144 valence electrons. The van der Waals surface area contributed by atoms with E-state index in [1.165, 1.54) is 12.1 Å². The molecule has 0 aliphatic heterocycles. The van der Waals surface area contributed by atoms with Gasteiger partial charge in [0.2, 0.25) is 0 Å². The number of hydrogen-bond donors (Lipinski definition) is 1. The number of aryl methyl sites for hydroxylation is 1. The minimum Gasteiger partial charge on any atom is -0.494 e. The van der Waals surface area contributed by atoms with Crippen LogP contribution >= 0.6 is 0 Å². The summed E-state index contributed by atoms with van der Waals surface area (Å²) < 4.78 is 29.1. The zero-order valence-electron chi connectivity index (χ0n) is 15.3. The topological polar surface area (TPSA) is 73.9 Å². The number of amides is 1. The molecule has 1 N–H and O–H groups in total. The molecule has 0 aliphatic rings. The van der Waals surface area contributed by atoms with Crippen LogP contribution in [0, 0.1) is 12.7 Å². The normalized spacial score (nSPS) is 10.2. The molecule has 2 aromatic carbocycles. The fraction of sp³-hybridized carbons (Fsp3) is 0.300. The monoisotopic (exact) mass is 375 g/mol. The molecule has 0 bridgehead atoms. The van der Waals surface area contributed by atoms with Gasteiger partial charge in [-0.2, -0.15) is 0 Å². The second-order valence-electron chi connectivity index (χ2n) is 5.64. The van der Waals surface area contributed by atoms with E-state index in [4.69, 9.17) is 14.2 Å². The van der Waals surface area contributed by atoms with Gasteiger partial charge in [0.15, 0.2) is 6.61 Å². The highest BCUT2D eigenvalue weighted by atomic mass is 19.1. The molecule has 0 aromatic heterocycles. The molecule has 7 heteroatoms. The Labute approximate surface area is 157 Å². The van der Waals surface area contributed by atoms with Crippen molar-refractivity contribution in [1.29, 1.82) is 0 Å². The second kappa shape index (κ2) is 10.2. The van der Waals surface area contributed by atoms with Crippen LogP contribution in [-0.4, -0.2) is 38.2 Å². The molecular formula is C20H22FNO5. The number of ether oxygens (including phenoxy) is 3. The van der Waals surface area contributed by atoms with E-state index in [-0.39, 0.29) is 18.7 Å². The summed E-state index contributed by atoms with van der Waals surface area (Å²) >= 11 is 0. The van der Waals surface area contributed by atoms with E-state index < -0.39 is 24.3 Å². The maximum atomic E-state index is 13.4. The summed E-state index contributed by atoms with van der Waals surface area (Å²) in [5, 5.41) is 2.57. The quantitative estimate of drug-likeness (QED) is 0.539. The van der Waals surface area contributed by atoms with E-state index in [0.29, 0.717) is 17.9 Å². The molecule has 1 amide bonds. The predicted molar refractivity (Wildman–Crippen MR) is 97.5 cm³/mol. The molecule has 27 heavy (non-hydrogen) atoms. The number of carbonyl (C=O) groups excluding carboxylic acids is 2. The van der Waals surface area contributed by atoms with E-state index in [0.717, 1.165) is 11.8 Å². The van der Waals surface area contributed by atoms with E-state index in [1.807, 2.05) is 6.92 Å². The van der Waals surface area contributed by atoms with Crippen molar-refractivity contribution in [3.05, 3.63) is 59.4 Å². The standard InChI is InChI=1S/C20H22FNO5/c1-3-25-16-6-8-17(9-7-16)26-11-10-22-19(23)13-27-20(24)15-5-4-14(2)18(21)12-15/h4-9,12H,3,10-11,13H2,1-2H3,(H,22,23). The Bertz CT molecular complexity index is 776. The van der Waals surface area contributed by atoms with Gasteiger partial charge in [0, 0.05) is 0 Å². The van der Waals surface area contributed by atoms with Gasteiger partial charge in [-0.05, 0) is 55.8 Å². The van der Waals surface area contributed by atoms with E-state index in [1.54, 1.807) is 31.2 Å². The third kappa shape index (κ3) is 6.62. The maximum absolute atomic E-state index is 13.4. The molecule has 0 saturated heterocycles. The molecule has 0 atom stereocenters. The summed E-state index contributed by atoms with van der Waals surface area (Å²) in [6.45, 7) is 4.16. The second-order valence-corrected chi connectivity index (χ2v) is 5.64. The molecule has 0 saturated carbocycles. The van der Waals surface area contributed by atoms with Crippen molar-refractivity contribution in [2.24, 2.45) is 0 Å². The molecule has 6 nitrogen and oxygen atoms in total. The Balaban J connectivity index is 1.65. The van der Waals surface area contributed by atoms with Crippen LogP contribution in [0.2, 0.25) is 0 Å². The first-order valence-electron chi connectivity index (χ1n) is 8.55. The summed E-state index contributed by atoms with van der Waals surface area (Å²) in [5.41, 5.74) is 0.488. The number of hydrogen-bond acceptors (Lipinski definition) is 5. The lowest BCUT2D eigenvalue weighted by Crippen LogP contribution is -2.32. The molecule has 2 rings (SSSR count). The molecule has 0 fully saturated rings. The fourth-order valence-corrected chi connectivity index (χ4v) is 2.14. The van der Waals surface area contributed by atoms with Crippen molar-refractivity contribution >= 4 is 11.9 Å². The summed E-state index contributed by atoms with van der Waals surface area (Å²) in [6.07, 6.45) is 0. The van der Waals surface area contributed by atoms with Crippen molar-refractivity contribution in [3.8, 4) is 11.5 Å². The van der Waals surface area contributed by atoms with Gasteiger partial charge in [0.1, 0.15) is 23.9 Å². The maximum Gasteiger partial charge on any atom is 0.338 e. The van der Waals surface area contributed by atoms with Crippen molar-refractivity contribution in [3.63, 3.8) is 0 Å². The van der Waals surface area contributed by atoms with Crippen LogP contribution in [0.15, 0.2) is 42.5 Å². The van der Waals surface area contributed by atoms with Gasteiger partial charge >= 0.3 is 5.97 Å². The van der Waals surface area contributed by atoms with Crippen molar-refractivity contribution in [2.45, 2.75) is 13.8 Å². The lowest BCUT2D eigenvalue weighted by Gasteiger charge is -2.09. The molecule has 0 aliphatic carbocycles. The third-order valence-electron chi connectivity index (χ3n) is 3.57. The molecule has 0 spiro atoms. The molecule has 0 heterocycles. The van der Waals surface area contributed by atoms with Crippen molar-refractivity contribution in [1.82, 2.24) is 5.32 Å². The van der Waals surface area contributed by atoms with Crippen LogP contribution in [0.25, 0.3) is 0 Å². The third-order valence-corrected chi connectivity index (χ3v) is 3.57. The summed E-state index contributed by atoms with van der Waals surface area (Å²) in [7, 11) is 0. The Kier molecular flexibility index (Phi) is 7.61. The number of esters is 1. The van der Waals surface area contributed by atoms with Gasteiger partial charge in [-0.25, -0.2) is 9.18 Å². The van der Waals surface area contributed by atoms with Gasteiger partial charge in [0.25, 0.3) is 5.91 Å². The van der Waals surface area contributed by atoms with Gasteiger partial charge in [0.05, 0.1) is 18.7 Å². The highest BCUT2D eigenvalue weighted by Crippen LogP contribution is 2.17. The van der Waals surface area contributed by atoms with Crippen LogP contribution in [0.3, 0.4) is 0 Å². The summed E-state index contributed by atoms with van der Waals surface area (Å²) in [4.78, 5) is 23.5. The first-order valence-corrected chi connectivity index (χ1v) is 8.55. The Morgan fingerprint density at radius 2 is 1.70 bits per heavy atom. The van der Waals surface area contributed by atoms with E-state index in [9.17, 15) is 14.0 Å². The number of rotatable bonds is 9. The average molecular weight is 375 g/mol. The van der Waals surface area contributed by atoms with Crippen LogP contribution in [0.1, 0.15) is 22.8 Å². The van der Waals surface area contributed by atoms with Crippen LogP contribution in [0.5, 0.6) is 11.5 Å². The predicted octanol–water partition coefficient (Wildman–Crippen LogP) is 2.88. The lowest BCUT2D eigenvalue weighted by atomic mass is 10.1. The number of carbonyl (C=O) groups is 2. The minimum atomic E-state index is -0.755. The molecule has 2 aromatic rings. The Morgan fingerprint density at radius 3 is 2.33 bits per heavy atom. The first-order chi connectivity index (χ1) is 13.0. The minimum absolute atomic E-state index is 0.0599.